The lowest BCUT2D eigenvalue weighted by atomic mass is 9.86. The molecule has 0 saturated carbocycles. The van der Waals surface area contributed by atoms with E-state index in [0.29, 0.717) is 6.42 Å². The highest BCUT2D eigenvalue weighted by Gasteiger charge is 2.48. The van der Waals surface area contributed by atoms with Crippen molar-refractivity contribution in [1.29, 1.82) is 0 Å². The topological polar surface area (TPSA) is 161 Å². The first kappa shape index (κ1) is 37.5. The molecule has 2 aromatic heterocycles. The number of aliphatic carboxylic acids is 3. The van der Waals surface area contributed by atoms with Gasteiger partial charge >= 0.3 is 36.4 Å². The smallest absolute Gasteiger partial charge is 0.475 e. The molecular formula is C24H23F9N4O7. The molecule has 1 spiro atoms. The molecule has 0 bridgehead atoms. The molecular weight excluding hydrogens is 627 g/mol. The highest BCUT2D eigenvalue weighted by molar-refractivity contribution is 5.95. The molecule has 2 fully saturated rings. The lowest BCUT2D eigenvalue weighted by Gasteiger charge is -2.24. The van der Waals surface area contributed by atoms with Crippen LogP contribution in [0, 0.1) is 5.41 Å². The molecule has 2 aliphatic heterocycles. The van der Waals surface area contributed by atoms with Gasteiger partial charge in [-0.1, -0.05) is 12.1 Å². The zero-order chi connectivity index (χ0) is 33.9. The zero-order valence-corrected chi connectivity index (χ0v) is 22.0. The van der Waals surface area contributed by atoms with Crippen LogP contribution in [0.5, 0.6) is 0 Å². The van der Waals surface area contributed by atoms with E-state index in [-0.39, 0.29) is 11.3 Å². The van der Waals surface area contributed by atoms with E-state index in [1.54, 1.807) is 12.4 Å². The standard InChI is InChI=1S/C18H20N4O.3C2HF3O2/c23-17-10-18(14-22(17)16-5-1-2-8-20-16)6-9-21(13-18)12-15-4-3-7-19-11-15;3*3-2(4,5)1(6)7/h1-5,7-8,11H,6,9-10,12-14H2;3*(H,6,7). The van der Waals surface area contributed by atoms with Crippen molar-refractivity contribution in [3.8, 4) is 0 Å². The van der Waals surface area contributed by atoms with Gasteiger partial charge in [-0.15, -0.1) is 0 Å². The molecule has 0 radical (unpaired) electrons. The minimum absolute atomic E-state index is 0.0802. The van der Waals surface area contributed by atoms with Crippen molar-refractivity contribution < 1.29 is 74.0 Å². The summed E-state index contributed by atoms with van der Waals surface area (Å²) in [5.74, 6) is -7.29. The predicted molar refractivity (Wildman–Crippen MR) is 129 cm³/mol. The number of carboxylic acid groups (broad SMARTS) is 3. The fourth-order valence-corrected chi connectivity index (χ4v) is 3.80. The molecule has 3 N–H and O–H groups in total. The summed E-state index contributed by atoms with van der Waals surface area (Å²) in [7, 11) is 0. The minimum atomic E-state index is -5.08. The molecule has 4 rings (SSSR count). The van der Waals surface area contributed by atoms with Crippen LogP contribution in [-0.2, 0) is 25.7 Å². The first-order chi connectivity index (χ1) is 20.1. The second kappa shape index (κ2) is 15.3. The fourth-order valence-electron chi connectivity index (χ4n) is 3.80. The number of amides is 1. The van der Waals surface area contributed by atoms with E-state index in [9.17, 15) is 44.3 Å². The third kappa shape index (κ3) is 12.8. The molecule has 1 unspecified atom stereocenters. The quantitative estimate of drug-likeness (QED) is 0.414. The average molecular weight is 650 g/mol. The van der Waals surface area contributed by atoms with Gasteiger partial charge in [-0.2, -0.15) is 39.5 Å². The number of rotatable bonds is 3. The van der Waals surface area contributed by atoms with Gasteiger partial charge in [-0.25, -0.2) is 19.4 Å². The summed E-state index contributed by atoms with van der Waals surface area (Å²) in [6, 6.07) is 9.81. The molecule has 244 valence electrons. The van der Waals surface area contributed by atoms with Crippen LogP contribution in [0.2, 0.25) is 0 Å². The van der Waals surface area contributed by atoms with Gasteiger partial charge in [0.05, 0.1) is 0 Å². The van der Waals surface area contributed by atoms with Gasteiger partial charge in [0.25, 0.3) is 0 Å². The van der Waals surface area contributed by atoms with Gasteiger partial charge in [0.15, 0.2) is 0 Å². The van der Waals surface area contributed by atoms with E-state index >= 15 is 0 Å². The number of alkyl halides is 9. The Kier molecular flexibility index (Phi) is 13.1. The number of halogens is 9. The van der Waals surface area contributed by atoms with Crippen molar-refractivity contribution in [2.24, 2.45) is 5.41 Å². The summed E-state index contributed by atoms with van der Waals surface area (Å²) in [6.07, 6.45) is -8.08. The number of aromatic nitrogens is 2. The number of nitrogens with zero attached hydrogens (tertiary/aromatic N) is 4. The number of carbonyl (C=O) groups is 4. The largest absolute Gasteiger partial charge is 0.490 e. The van der Waals surface area contributed by atoms with Crippen LogP contribution < -0.4 is 4.90 Å². The molecule has 2 aromatic rings. The minimum Gasteiger partial charge on any atom is -0.475 e. The fraction of sp³-hybridized carbons (Fsp3) is 0.417. The van der Waals surface area contributed by atoms with Crippen LogP contribution in [0.4, 0.5) is 45.3 Å². The van der Waals surface area contributed by atoms with Crippen LogP contribution in [-0.4, -0.2) is 92.2 Å². The normalized spacial score (nSPS) is 18.3. The molecule has 1 atom stereocenters. The predicted octanol–water partition coefficient (Wildman–Crippen LogP) is 4.01. The number of hydrogen-bond acceptors (Lipinski definition) is 7. The Hall–Kier alpha value is -4.49. The summed E-state index contributed by atoms with van der Waals surface area (Å²) < 4.78 is 95.2. The van der Waals surface area contributed by atoms with Crippen molar-refractivity contribution in [3.63, 3.8) is 0 Å². The summed E-state index contributed by atoms with van der Waals surface area (Å²) in [6.45, 7) is 3.70. The molecule has 2 saturated heterocycles. The first-order valence-electron chi connectivity index (χ1n) is 11.8. The third-order valence-electron chi connectivity index (χ3n) is 5.62. The molecule has 20 heteroatoms. The van der Waals surface area contributed by atoms with Crippen LogP contribution in [0.3, 0.4) is 0 Å². The number of hydrogen-bond donors (Lipinski definition) is 3. The molecule has 4 heterocycles. The van der Waals surface area contributed by atoms with Crippen molar-refractivity contribution in [1.82, 2.24) is 14.9 Å². The lowest BCUT2D eigenvalue weighted by Crippen LogP contribution is -2.31. The summed E-state index contributed by atoms with van der Waals surface area (Å²) >= 11 is 0. The molecule has 2 aliphatic rings. The molecule has 0 aromatic carbocycles. The maximum Gasteiger partial charge on any atom is 0.490 e. The maximum atomic E-state index is 12.5. The van der Waals surface area contributed by atoms with Crippen LogP contribution in [0.1, 0.15) is 18.4 Å². The second-order valence-electron chi connectivity index (χ2n) is 9.08. The number of likely N-dealkylation sites (tertiary alicyclic amines) is 1. The van der Waals surface area contributed by atoms with Gasteiger partial charge < -0.3 is 15.3 Å². The third-order valence-corrected chi connectivity index (χ3v) is 5.62. The Morgan fingerprint density at radius 2 is 1.32 bits per heavy atom. The van der Waals surface area contributed by atoms with E-state index in [1.165, 1.54) is 5.56 Å². The van der Waals surface area contributed by atoms with Crippen molar-refractivity contribution >= 4 is 29.6 Å². The van der Waals surface area contributed by atoms with Crippen LogP contribution in [0.25, 0.3) is 0 Å². The van der Waals surface area contributed by atoms with Crippen LogP contribution >= 0.6 is 0 Å². The molecule has 11 nitrogen and oxygen atoms in total. The lowest BCUT2D eigenvalue weighted by molar-refractivity contribution is -0.193. The van der Waals surface area contributed by atoms with E-state index in [4.69, 9.17) is 29.7 Å². The maximum absolute atomic E-state index is 12.5. The Balaban J connectivity index is 0.000000379. The van der Waals surface area contributed by atoms with Gasteiger partial charge in [-0.05, 0) is 36.7 Å². The first-order valence-corrected chi connectivity index (χ1v) is 11.8. The van der Waals surface area contributed by atoms with Crippen molar-refractivity contribution in [2.45, 2.75) is 37.9 Å². The molecule has 0 aliphatic carbocycles. The molecule has 44 heavy (non-hydrogen) atoms. The Bertz CT molecular complexity index is 1200. The highest BCUT2D eigenvalue weighted by atomic mass is 19.4. The second-order valence-corrected chi connectivity index (χ2v) is 9.08. The number of carboxylic acids is 3. The van der Waals surface area contributed by atoms with Crippen LogP contribution in [0.15, 0.2) is 48.9 Å². The average Bonchev–Trinajstić information content (AvgIpc) is 3.45. The number of pyridine rings is 2. The highest BCUT2D eigenvalue weighted by Crippen LogP contribution is 2.41. The number of carbonyl (C=O) groups excluding carboxylic acids is 1. The zero-order valence-electron chi connectivity index (χ0n) is 22.0. The number of anilines is 1. The Labute approximate surface area is 241 Å². The summed E-state index contributed by atoms with van der Waals surface area (Å²) in [5, 5.41) is 21.4. The van der Waals surface area contributed by atoms with Gasteiger partial charge in [0.2, 0.25) is 5.91 Å². The Morgan fingerprint density at radius 3 is 1.73 bits per heavy atom. The van der Waals surface area contributed by atoms with Crippen molar-refractivity contribution in [2.75, 3.05) is 24.5 Å². The van der Waals surface area contributed by atoms with E-state index in [2.05, 4.69) is 20.9 Å². The van der Waals surface area contributed by atoms with Gasteiger partial charge in [-0.3, -0.25) is 19.6 Å². The monoisotopic (exact) mass is 650 g/mol. The SMILES string of the molecule is O=C(O)C(F)(F)F.O=C(O)C(F)(F)F.O=C(O)C(F)(F)F.O=C1CC2(CCN(Cc3cccnc3)C2)CN1c1ccccn1. The molecule has 1 amide bonds. The Morgan fingerprint density at radius 1 is 0.795 bits per heavy atom. The van der Waals surface area contributed by atoms with Gasteiger partial charge in [0.1, 0.15) is 5.82 Å². The summed E-state index contributed by atoms with van der Waals surface area (Å²) in [5.41, 5.74) is 1.31. The van der Waals surface area contributed by atoms with E-state index in [1.807, 2.05) is 35.4 Å². The summed E-state index contributed by atoms with van der Waals surface area (Å²) in [4.78, 5) is 52.0. The van der Waals surface area contributed by atoms with Gasteiger partial charge in [0, 0.05) is 50.1 Å². The van der Waals surface area contributed by atoms with E-state index < -0.39 is 36.4 Å². The van der Waals surface area contributed by atoms with Crippen molar-refractivity contribution in [3.05, 3.63) is 54.5 Å². The van der Waals surface area contributed by atoms with E-state index in [0.717, 1.165) is 38.4 Å².